The molecule has 3 nitrogen and oxygen atoms in total. The van der Waals surface area contributed by atoms with Crippen LogP contribution in [0.25, 0.3) is 11.5 Å². The maximum absolute atomic E-state index is 5.23. The Morgan fingerprint density at radius 1 is 1.50 bits per heavy atom. The summed E-state index contributed by atoms with van der Waals surface area (Å²) in [6.45, 7) is 2.00. The van der Waals surface area contributed by atoms with Crippen LogP contribution in [-0.4, -0.2) is 10.2 Å². The third kappa shape index (κ3) is 1.78. The standard InChI is InChI=1S/C9H7BrN2OS/c1-5-2-3-6(10)4-7(5)8-11-12-9(14)13-8/h2-4H,1H3,(H,12,14). The molecular formula is C9H7BrN2OS. The van der Waals surface area contributed by atoms with Crippen molar-refractivity contribution >= 4 is 28.1 Å². The van der Waals surface area contributed by atoms with E-state index in [1.807, 2.05) is 25.1 Å². The van der Waals surface area contributed by atoms with Crippen LogP contribution in [0.5, 0.6) is 0 Å². The molecule has 14 heavy (non-hydrogen) atoms. The third-order valence-electron chi connectivity index (χ3n) is 1.87. The van der Waals surface area contributed by atoms with E-state index in [1.165, 1.54) is 0 Å². The van der Waals surface area contributed by atoms with Gasteiger partial charge in [-0.05, 0) is 36.8 Å². The van der Waals surface area contributed by atoms with E-state index in [2.05, 4.69) is 26.1 Å². The van der Waals surface area contributed by atoms with Crippen molar-refractivity contribution in [1.82, 2.24) is 10.2 Å². The maximum Gasteiger partial charge on any atom is 0.284 e. The minimum absolute atomic E-state index is 0.291. The number of nitrogens with one attached hydrogen (secondary N) is 1. The summed E-state index contributed by atoms with van der Waals surface area (Å²) >= 11 is 8.21. The Bertz CT molecular complexity index is 518. The minimum atomic E-state index is 0.291. The van der Waals surface area contributed by atoms with Gasteiger partial charge in [0.15, 0.2) is 0 Å². The first-order valence-corrected chi connectivity index (χ1v) is 5.19. The van der Waals surface area contributed by atoms with Gasteiger partial charge in [0.05, 0.1) is 0 Å². The number of hydrogen-bond acceptors (Lipinski definition) is 3. The summed E-state index contributed by atoms with van der Waals surface area (Å²) in [7, 11) is 0. The second-order valence-corrected chi connectivity index (χ2v) is 4.16. The normalized spacial score (nSPS) is 10.4. The lowest BCUT2D eigenvalue weighted by Gasteiger charge is -2.00. The molecule has 0 spiro atoms. The number of H-pyrrole nitrogens is 1. The Balaban J connectivity index is 2.61. The van der Waals surface area contributed by atoms with E-state index < -0.39 is 0 Å². The van der Waals surface area contributed by atoms with E-state index in [-0.39, 0.29) is 0 Å². The van der Waals surface area contributed by atoms with Crippen molar-refractivity contribution < 1.29 is 4.42 Å². The fraction of sp³-hybridized carbons (Fsp3) is 0.111. The van der Waals surface area contributed by atoms with E-state index in [9.17, 15) is 0 Å². The summed E-state index contributed by atoms with van der Waals surface area (Å²) in [5.41, 5.74) is 2.03. The Hall–Kier alpha value is -0.940. The lowest BCUT2D eigenvalue weighted by Crippen LogP contribution is -1.83. The van der Waals surface area contributed by atoms with Crippen molar-refractivity contribution in [3.8, 4) is 11.5 Å². The van der Waals surface area contributed by atoms with Crippen molar-refractivity contribution in [2.24, 2.45) is 0 Å². The van der Waals surface area contributed by atoms with Gasteiger partial charge in [0.25, 0.3) is 4.84 Å². The lowest BCUT2D eigenvalue weighted by molar-refractivity contribution is 0.551. The van der Waals surface area contributed by atoms with Crippen molar-refractivity contribution in [3.05, 3.63) is 33.1 Å². The maximum atomic E-state index is 5.23. The zero-order valence-corrected chi connectivity index (χ0v) is 9.78. The number of hydrogen-bond donors (Lipinski definition) is 1. The van der Waals surface area contributed by atoms with Crippen molar-refractivity contribution in [2.45, 2.75) is 6.92 Å². The van der Waals surface area contributed by atoms with E-state index >= 15 is 0 Å². The molecule has 0 fully saturated rings. The Kier molecular flexibility index (Phi) is 2.52. The second-order valence-electron chi connectivity index (χ2n) is 2.88. The summed E-state index contributed by atoms with van der Waals surface area (Å²) < 4.78 is 6.22. The minimum Gasteiger partial charge on any atom is -0.409 e. The highest BCUT2D eigenvalue weighted by Crippen LogP contribution is 2.24. The molecule has 1 aromatic carbocycles. The van der Waals surface area contributed by atoms with Gasteiger partial charge in [-0.15, -0.1) is 5.10 Å². The molecule has 0 saturated carbocycles. The largest absolute Gasteiger partial charge is 0.409 e. The summed E-state index contributed by atoms with van der Waals surface area (Å²) in [6, 6.07) is 5.91. The molecule has 0 aliphatic heterocycles. The highest BCUT2D eigenvalue weighted by atomic mass is 79.9. The fourth-order valence-corrected chi connectivity index (χ4v) is 1.66. The van der Waals surface area contributed by atoms with E-state index in [0.29, 0.717) is 10.7 Å². The molecule has 0 bridgehead atoms. The van der Waals surface area contributed by atoms with Gasteiger partial charge < -0.3 is 4.42 Å². The van der Waals surface area contributed by atoms with Gasteiger partial charge in [-0.2, -0.15) is 0 Å². The van der Waals surface area contributed by atoms with Crippen LogP contribution in [-0.2, 0) is 0 Å². The molecule has 2 aromatic rings. The molecule has 0 atom stereocenters. The monoisotopic (exact) mass is 270 g/mol. The van der Waals surface area contributed by atoms with Gasteiger partial charge in [-0.3, -0.25) is 0 Å². The molecule has 1 heterocycles. The zero-order valence-electron chi connectivity index (χ0n) is 7.37. The highest BCUT2D eigenvalue weighted by Gasteiger charge is 2.07. The molecule has 5 heteroatoms. The quantitative estimate of drug-likeness (QED) is 0.807. The highest BCUT2D eigenvalue weighted by molar-refractivity contribution is 9.10. The fourth-order valence-electron chi connectivity index (χ4n) is 1.17. The Morgan fingerprint density at radius 3 is 2.93 bits per heavy atom. The number of aromatic amines is 1. The summed E-state index contributed by atoms with van der Waals surface area (Å²) in [6.07, 6.45) is 0. The second kappa shape index (κ2) is 3.67. The predicted molar refractivity (Wildman–Crippen MR) is 59.6 cm³/mol. The summed E-state index contributed by atoms with van der Waals surface area (Å²) in [4.78, 5) is 0.291. The number of benzene rings is 1. The van der Waals surface area contributed by atoms with Gasteiger partial charge in [0, 0.05) is 10.0 Å². The first kappa shape index (κ1) is 9.61. The van der Waals surface area contributed by atoms with Crippen molar-refractivity contribution in [1.29, 1.82) is 0 Å². The molecule has 1 N–H and O–H groups in total. The van der Waals surface area contributed by atoms with Crippen molar-refractivity contribution in [2.75, 3.05) is 0 Å². The third-order valence-corrected chi connectivity index (χ3v) is 2.54. The van der Waals surface area contributed by atoms with Gasteiger partial charge >= 0.3 is 0 Å². The van der Waals surface area contributed by atoms with Crippen LogP contribution in [0.4, 0.5) is 0 Å². The van der Waals surface area contributed by atoms with E-state index in [4.69, 9.17) is 16.6 Å². The number of aromatic nitrogens is 2. The average molecular weight is 271 g/mol. The van der Waals surface area contributed by atoms with Crippen LogP contribution < -0.4 is 0 Å². The molecular weight excluding hydrogens is 264 g/mol. The summed E-state index contributed by atoms with van der Waals surface area (Å²) in [5.74, 6) is 0.522. The molecule has 0 saturated heterocycles. The summed E-state index contributed by atoms with van der Waals surface area (Å²) in [5, 5.41) is 6.57. The van der Waals surface area contributed by atoms with Crippen LogP contribution in [0.1, 0.15) is 5.56 Å². The smallest absolute Gasteiger partial charge is 0.284 e. The Labute approximate surface area is 94.3 Å². The first-order chi connectivity index (χ1) is 6.66. The van der Waals surface area contributed by atoms with Crippen LogP contribution in [0, 0.1) is 11.8 Å². The number of rotatable bonds is 1. The molecule has 72 valence electrons. The number of halogens is 1. The molecule has 1 aromatic heterocycles. The molecule has 0 aliphatic rings. The van der Waals surface area contributed by atoms with Crippen LogP contribution in [0.2, 0.25) is 0 Å². The molecule has 0 aliphatic carbocycles. The van der Waals surface area contributed by atoms with E-state index in [1.54, 1.807) is 0 Å². The lowest BCUT2D eigenvalue weighted by atomic mass is 10.1. The average Bonchev–Trinajstić information content (AvgIpc) is 2.56. The predicted octanol–water partition coefficient (Wildman–Crippen LogP) is 3.47. The van der Waals surface area contributed by atoms with Gasteiger partial charge in [-0.25, -0.2) is 5.10 Å². The van der Waals surface area contributed by atoms with Gasteiger partial charge in [0.1, 0.15) is 0 Å². The number of nitrogens with zero attached hydrogens (tertiary/aromatic N) is 1. The zero-order chi connectivity index (χ0) is 10.1. The molecule has 0 unspecified atom stereocenters. The molecule has 2 rings (SSSR count). The van der Waals surface area contributed by atoms with Crippen LogP contribution >= 0.6 is 28.1 Å². The topological polar surface area (TPSA) is 41.8 Å². The van der Waals surface area contributed by atoms with Crippen LogP contribution in [0.15, 0.2) is 27.1 Å². The number of aryl methyl sites for hydroxylation is 1. The van der Waals surface area contributed by atoms with E-state index in [0.717, 1.165) is 15.6 Å². The van der Waals surface area contributed by atoms with Crippen molar-refractivity contribution in [3.63, 3.8) is 0 Å². The Morgan fingerprint density at radius 2 is 2.29 bits per heavy atom. The van der Waals surface area contributed by atoms with Crippen LogP contribution in [0.3, 0.4) is 0 Å². The first-order valence-electron chi connectivity index (χ1n) is 3.99. The van der Waals surface area contributed by atoms with Gasteiger partial charge in [-0.1, -0.05) is 22.0 Å². The molecule has 0 radical (unpaired) electrons. The molecule has 0 amide bonds. The SMILES string of the molecule is Cc1ccc(Br)cc1-c1n[nH]c(=S)o1. The van der Waals surface area contributed by atoms with Gasteiger partial charge in [0.2, 0.25) is 5.89 Å².